The van der Waals surface area contributed by atoms with Gasteiger partial charge in [0.05, 0.1) is 43.3 Å². The molecule has 5 rings (SSSR count). The van der Waals surface area contributed by atoms with E-state index in [1.165, 1.54) is 4.90 Å². The second-order valence-corrected chi connectivity index (χ2v) is 7.97. The van der Waals surface area contributed by atoms with Gasteiger partial charge in [-0.2, -0.15) is 0 Å². The highest BCUT2D eigenvalue weighted by Gasteiger charge is 2.43. The fourth-order valence-corrected chi connectivity index (χ4v) is 4.44. The zero-order valence-corrected chi connectivity index (χ0v) is 16.9. The molecule has 0 aliphatic carbocycles. The van der Waals surface area contributed by atoms with Gasteiger partial charge in [0, 0.05) is 12.4 Å². The maximum Gasteiger partial charge on any atom is 0.291 e. The summed E-state index contributed by atoms with van der Waals surface area (Å²) in [6.45, 7) is 6.59. The first kappa shape index (κ1) is 19.0. The number of amides is 1. The Morgan fingerprint density at radius 2 is 2.03 bits per heavy atom. The summed E-state index contributed by atoms with van der Waals surface area (Å²) in [4.78, 5) is 34.2. The van der Waals surface area contributed by atoms with Gasteiger partial charge in [-0.05, 0) is 30.7 Å². The normalized spacial score (nSPS) is 19.4. The van der Waals surface area contributed by atoms with E-state index in [2.05, 4.69) is 4.98 Å². The van der Waals surface area contributed by atoms with E-state index in [9.17, 15) is 9.59 Å². The van der Waals surface area contributed by atoms with Crippen molar-refractivity contribution in [1.82, 2.24) is 9.88 Å². The van der Waals surface area contributed by atoms with Gasteiger partial charge in [-0.3, -0.25) is 14.6 Å². The van der Waals surface area contributed by atoms with Crippen molar-refractivity contribution in [3.63, 3.8) is 0 Å². The molecule has 1 saturated heterocycles. The van der Waals surface area contributed by atoms with Crippen LogP contribution < -0.4 is 10.3 Å². The van der Waals surface area contributed by atoms with Gasteiger partial charge in [-0.1, -0.05) is 17.7 Å². The molecule has 7 heteroatoms. The van der Waals surface area contributed by atoms with Crippen LogP contribution in [0.15, 0.2) is 51.9 Å². The number of quaternary nitrogens is 1. The Kier molecular flexibility index (Phi) is 4.84. The Hall–Kier alpha value is -3.03. The predicted molar refractivity (Wildman–Crippen MR) is 111 cm³/mol. The average molecular weight is 406 g/mol. The molecule has 2 aliphatic heterocycles. The van der Waals surface area contributed by atoms with Gasteiger partial charge >= 0.3 is 0 Å². The van der Waals surface area contributed by atoms with E-state index >= 15 is 0 Å². The van der Waals surface area contributed by atoms with Gasteiger partial charge in [0.2, 0.25) is 5.76 Å². The molecule has 3 aromatic rings. The molecule has 4 heterocycles. The molecule has 0 radical (unpaired) electrons. The molecule has 2 aromatic heterocycles. The summed E-state index contributed by atoms with van der Waals surface area (Å²) in [7, 11) is 0. The number of aryl methyl sites for hydroxylation is 1. The van der Waals surface area contributed by atoms with Gasteiger partial charge in [0.15, 0.2) is 5.43 Å². The molecule has 1 N–H and O–H groups in total. The standard InChI is InChI=1S/C23H23N3O4/c1-15-4-5-18-17(13-15)21(27)19-20(16-3-2-6-24-14-16)26(23(28)22(19)30-18)8-7-25-9-11-29-12-10-25/h2-6,13-14,20H,7-12H2,1H3/p+1/t20-/m1/s1. The summed E-state index contributed by atoms with van der Waals surface area (Å²) in [5.41, 5.74) is 2.52. The van der Waals surface area contributed by atoms with Gasteiger partial charge in [0.1, 0.15) is 18.7 Å². The Bertz CT molecular complexity index is 1150. The topological polar surface area (TPSA) is 77.1 Å². The van der Waals surface area contributed by atoms with E-state index in [1.54, 1.807) is 23.4 Å². The molecule has 1 fully saturated rings. The van der Waals surface area contributed by atoms with Crippen molar-refractivity contribution in [1.29, 1.82) is 0 Å². The van der Waals surface area contributed by atoms with Gasteiger partial charge < -0.3 is 19.0 Å². The van der Waals surface area contributed by atoms with Crippen LogP contribution in [0.25, 0.3) is 11.0 Å². The van der Waals surface area contributed by atoms with E-state index in [4.69, 9.17) is 9.15 Å². The number of carbonyl (C=O) groups is 1. The molecule has 0 bridgehead atoms. The number of rotatable bonds is 4. The molecule has 1 aromatic carbocycles. The van der Waals surface area contributed by atoms with E-state index in [0.717, 1.165) is 44.0 Å². The lowest BCUT2D eigenvalue weighted by atomic mass is 9.99. The van der Waals surface area contributed by atoms with E-state index < -0.39 is 6.04 Å². The Morgan fingerprint density at radius 3 is 2.80 bits per heavy atom. The summed E-state index contributed by atoms with van der Waals surface area (Å²) in [5.74, 6) is -0.0757. The first-order valence-corrected chi connectivity index (χ1v) is 10.3. The number of hydrogen-bond donors (Lipinski definition) is 1. The second-order valence-electron chi connectivity index (χ2n) is 7.97. The molecule has 2 aliphatic rings. The number of morpholine rings is 1. The van der Waals surface area contributed by atoms with Gasteiger partial charge in [-0.15, -0.1) is 0 Å². The maximum atomic E-state index is 13.5. The van der Waals surface area contributed by atoms with Crippen LogP contribution in [0, 0.1) is 6.92 Å². The third kappa shape index (κ3) is 3.20. The molecular weight excluding hydrogens is 382 g/mol. The summed E-state index contributed by atoms with van der Waals surface area (Å²) in [6.07, 6.45) is 3.41. The molecule has 0 unspecified atom stereocenters. The summed E-state index contributed by atoms with van der Waals surface area (Å²) >= 11 is 0. The van der Waals surface area contributed by atoms with Crippen molar-refractivity contribution in [2.75, 3.05) is 39.4 Å². The molecular formula is C23H24N3O4+. The van der Waals surface area contributed by atoms with Gasteiger partial charge in [0.25, 0.3) is 5.91 Å². The number of nitrogens with zero attached hydrogens (tertiary/aromatic N) is 2. The van der Waals surface area contributed by atoms with Crippen molar-refractivity contribution in [3.8, 4) is 0 Å². The Balaban J connectivity index is 1.60. The quantitative estimate of drug-likeness (QED) is 0.698. The zero-order chi connectivity index (χ0) is 20.7. The minimum Gasteiger partial charge on any atom is -0.450 e. The number of ether oxygens (including phenoxy) is 1. The fraction of sp³-hybridized carbons (Fsp3) is 0.348. The highest BCUT2D eigenvalue weighted by molar-refractivity contribution is 5.99. The lowest BCUT2D eigenvalue weighted by Crippen LogP contribution is -3.14. The summed E-state index contributed by atoms with van der Waals surface area (Å²) in [6, 6.07) is 8.73. The SMILES string of the molecule is Cc1ccc2oc3c(c(=O)c2c1)[C@@H](c1cccnc1)N(CC[NH+]1CCOCC1)C3=O. The molecule has 7 nitrogen and oxygen atoms in total. The summed E-state index contributed by atoms with van der Waals surface area (Å²) in [5, 5.41) is 0.510. The molecule has 1 atom stereocenters. The number of nitrogens with one attached hydrogen (secondary N) is 1. The number of carbonyl (C=O) groups excluding carboxylic acids is 1. The van der Waals surface area contributed by atoms with Crippen molar-refractivity contribution in [2.45, 2.75) is 13.0 Å². The lowest BCUT2D eigenvalue weighted by Gasteiger charge is -2.29. The van der Waals surface area contributed by atoms with Crippen LogP contribution >= 0.6 is 0 Å². The van der Waals surface area contributed by atoms with E-state index in [-0.39, 0.29) is 17.1 Å². The highest BCUT2D eigenvalue weighted by Crippen LogP contribution is 2.37. The third-order valence-electron chi connectivity index (χ3n) is 6.03. The number of benzene rings is 1. The highest BCUT2D eigenvalue weighted by atomic mass is 16.5. The number of pyridine rings is 1. The molecule has 1 amide bonds. The minimum atomic E-state index is -0.484. The first-order chi connectivity index (χ1) is 14.6. The van der Waals surface area contributed by atoms with Gasteiger partial charge in [-0.25, -0.2) is 0 Å². The van der Waals surface area contributed by atoms with Crippen LogP contribution in [0.4, 0.5) is 0 Å². The largest absolute Gasteiger partial charge is 0.450 e. The number of fused-ring (bicyclic) bond motifs is 2. The van der Waals surface area contributed by atoms with Crippen molar-refractivity contribution < 1.29 is 18.8 Å². The molecule has 154 valence electrons. The monoisotopic (exact) mass is 406 g/mol. The average Bonchev–Trinajstić information content (AvgIpc) is 3.06. The van der Waals surface area contributed by atoms with E-state index in [1.807, 2.05) is 31.2 Å². The predicted octanol–water partition coefficient (Wildman–Crippen LogP) is 0.957. The van der Waals surface area contributed by atoms with Crippen molar-refractivity contribution in [3.05, 3.63) is 75.4 Å². The van der Waals surface area contributed by atoms with Crippen molar-refractivity contribution >= 4 is 16.9 Å². The molecule has 0 spiro atoms. The van der Waals surface area contributed by atoms with Crippen LogP contribution in [-0.2, 0) is 4.74 Å². The van der Waals surface area contributed by atoms with Crippen LogP contribution in [0.3, 0.4) is 0 Å². The first-order valence-electron chi connectivity index (χ1n) is 10.3. The maximum absolute atomic E-state index is 13.5. The fourth-order valence-electron chi connectivity index (χ4n) is 4.44. The van der Waals surface area contributed by atoms with Crippen molar-refractivity contribution in [2.24, 2.45) is 0 Å². The molecule has 30 heavy (non-hydrogen) atoms. The van der Waals surface area contributed by atoms with Crippen LogP contribution in [0.5, 0.6) is 0 Å². The van der Waals surface area contributed by atoms with Crippen LogP contribution in [0.1, 0.15) is 33.3 Å². The zero-order valence-electron chi connectivity index (χ0n) is 16.9. The van der Waals surface area contributed by atoms with Crippen LogP contribution in [0.2, 0.25) is 0 Å². The Labute approximate surface area is 173 Å². The minimum absolute atomic E-state index is 0.140. The smallest absolute Gasteiger partial charge is 0.291 e. The van der Waals surface area contributed by atoms with E-state index in [0.29, 0.717) is 23.1 Å². The third-order valence-corrected chi connectivity index (χ3v) is 6.03. The number of hydrogen-bond acceptors (Lipinski definition) is 5. The number of aromatic nitrogens is 1. The lowest BCUT2D eigenvalue weighted by molar-refractivity contribution is -0.907. The Morgan fingerprint density at radius 1 is 1.20 bits per heavy atom. The second kappa shape index (κ2) is 7.66. The van der Waals surface area contributed by atoms with Crippen LogP contribution in [-0.4, -0.2) is 55.2 Å². The molecule has 0 saturated carbocycles. The summed E-state index contributed by atoms with van der Waals surface area (Å²) < 4.78 is 11.4.